The van der Waals surface area contributed by atoms with Gasteiger partial charge in [-0.1, -0.05) is 48.5 Å². The minimum atomic E-state index is -3.81. The Labute approximate surface area is 239 Å². The van der Waals surface area contributed by atoms with Crippen molar-refractivity contribution in [3.05, 3.63) is 76.8 Å². The lowest BCUT2D eigenvalue weighted by molar-refractivity contribution is -0.130. The van der Waals surface area contributed by atoms with E-state index in [0.717, 1.165) is 6.42 Å². The minimum absolute atomic E-state index is 0.0337. The van der Waals surface area contributed by atoms with Crippen LogP contribution in [0.1, 0.15) is 36.3 Å². The number of amides is 2. The van der Waals surface area contributed by atoms with Crippen molar-refractivity contribution in [2.75, 3.05) is 45.8 Å². The molecule has 2 saturated heterocycles. The second kappa shape index (κ2) is 12.4. The molecule has 2 aromatic carbocycles. The topological polar surface area (TPSA) is 126 Å². The largest absolute Gasteiger partial charge is 0.341 e. The first-order chi connectivity index (χ1) is 19.8. The molecular formula is C29H36N6O5S. The summed E-state index contributed by atoms with van der Waals surface area (Å²) in [6.07, 6.45) is 1.41. The average Bonchev–Trinajstić information content (AvgIpc) is 3.29. The molecule has 2 aliphatic heterocycles. The molecule has 218 valence electrons. The Morgan fingerprint density at radius 1 is 0.951 bits per heavy atom. The number of rotatable bonds is 8. The summed E-state index contributed by atoms with van der Waals surface area (Å²) in [6.45, 7) is 4.66. The van der Waals surface area contributed by atoms with Crippen molar-refractivity contribution in [1.29, 1.82) is 0 Å². The number of hydrogen-bond acceptors (Lipinski definition) is 6. The zero-order valence-electron chi connectivity index (χ0n) is 23.2. The molecule has 1 atom stereocenters. The molecule has 0 saturated carbocycles. The van der Waals surface area contributed by atoms with Crippen LogP contribution in [-0.2, 0) is 21.4 Å². The Kier molecular flexibility index (Phi) is 8.71. The summed E-state index contributed by atoms with van der Waals surface area (Å²) in [5.74, 6) is -0.331. The average molecular weight is 581 g/mol. The van der Waals surface area contributed by atoms with Gasteiger partial charge in [-0.25, -0.2) is 17.9 Å². The zero-order chi connectivity index (χ0) is 29.0. The standard InChI is InChI=1S/C29H36N6O5S/c1-22(36)33-17-8-11-24(21-33)35-26(23-9-4-2-5-10-23)27(28(37)32-18-14-30-15-19-32)34(29(35)38)20-16-31-41(39,40)25-12-6-3-7-13-25/h2-7,9-10,12-13,24,30-31H,8,11,14-21H2,1H3. The van der Waals surface area contributed by atoms with Gasteiger partial charge in [-0.15, -0.1) is 0 Å². The molecule has 3 heterocycles. The third kappa shape index (κ3) is 6.14. The molecule has 3 aromatic rings. The molecule has 0 bridgehead atoms. The van der Waals surface area contributed by atoms with Gasteiger partial charge in [0.15, 0.2) is 0 Å². The van der Waals surface area contributed by atoms with Crippen molar-refractivity contribution in [1.82, 2.24) is 29.0 Å². The van der Waals surface area contributed by atoms with Crippen LogP contribution < -0.4 is 15.7 Å². The lowest BCUT2D eigenvalue weighted by Crippen LogP contribution is -2.47. The maximum absolute atomic E-state index is 14.2. The lowest BCUT2D eigenvalue weighted by Gasteiger charge is -2.33. The van der Waals surface area contributed by atoms with Gasteiger partial charge in [-0.3, -0.25) is 18.7 Å². The van der Waals surface area contributed by atoms with Crippen LogP contribution in [0, 0.1) is 0 Å². The third-order valence-electron chi connectivity index (χ3n) is 7.71. The van der Waals surface area contributed by atoms with Gasteiger partial charge in [-0.05, 0) is 25.0 Å². The van der Waals surface area contributed by atoms with E-state index in [-0.39, 0.29) is 41.5 Å². The van der Waals surface area contributed by atoms with Crippen LogP contribution in [0.4, 0.5) is 0 Å². The van der Waals surface area contributed by atoms with Crippen LogP contribution in [0.2, 0.25) is 0 Å². The molecule has 11 nitrogen and oxygen atoms in total. The predicted octanol–water partition coefficient (Wildman–Crippen LogP) is 1.52. The molecule has 0 aliphatic carbocycles. The van der Waals surface area contributed by atoms with Crippen molar-refractivity contribution in [2.24, 2.45) is 0 Å². The fraction of sp³-hybridized carbons (Fsp3) is 0.414. The van der Waals surface area contributed by atoms with E-state index in [9.17, 15) is 22.8 Å². The summed E-state index contributed by atoms with van der Waals surface area (Å²) in [5.41, 5.74) is 1.06. The van der Waals surface area contributed by atoms with E-state index in [2.05, 4.69) is 10.0 Å². The van der Waals surface area contributed by atoms with Gasteiger partial charge in [0.25, 0.3) is 5.91 Å². The smallest absolute Gasteiger partial charge is 0.329 e. The van der Waals surface area contributed by atoms with Crippen molar-refractivity contribution < 1.29 is 18.0 Å². The highest BCUT2D eigenvalue weighted by Crippen LogP contribution is 2.31. The molecule has 0 spiro atoms. The van der Waals surface area contributed by atoms with E-state index < -0.39 is 15.7 Å². The minimum Gasteiger partial charge on any atom is -0.341 e. The SMILES string of the molecule is CC(=O)N1CCCC(n2c(-c3ccccc3)c(C(=O)N3CCNCC3)n(CCNS(=O)(=O)c3ccccc3)c2=O)C1. The summed E-state index contributed by atoms with van der Waals surface area (Å²) in [6, 6.07) is 17.0. The van der Waals surface area contributed by atoms with Crippen molar-refractivity contribution in [3.63, 3.8) is 0 Å². The van der Waals surface area contributed by atoms with Gasteiger partial charge >= 0.3 is 5.69 Å². The van der Waals surface area contributed by atoms with Crippen LogP contribution in [-0.4, -0.2) is 85.0 Å². The Bertz CT molecular complexity index is 1550. The first-order valence-electron chi connectivity index (χ1n) is 14.0. The third-order valence-corrected chi connectivity index (χ3v) is 9.19. The summed E-state index contributed by atoms with van der Waals surface area (Å²) >= 11 is 0. The maximum atomic E-state index is 14.2. The van der Waals surface area contributed by atoms with Crippen molar-refractivity contribution >= 4 is 21.8 Å². The molecule has 2 amide bonds. The second-order valence-electron chi connectivity index (χ2n) is 10.4. The number of likely N-dealkylation sites (tertiary alicyclic amines) is 1. The first-order valence-corrected chi connectivity index (χ1v) is 15.5. The first kappa shape index (κ1) is 28.8. The van der Waals surface area contributed by atoms with E-state index in [1.165, 1.54) is 23.6 Å². The number of benzene rings is 2. The fourth-order valence-corrected chi connectivity index (χ4v) is 6.68. The number of piperazine rings is 1. The molecule has 12 heteroatoms. The Morgan fingerprint density at radius 3 is 2.27 bits per heavy atom. The highest BCUT2D eigenvalue weighted by Gasteiger charge is 2.34. The van der Waals surface area contributed by atoms with Crippen LogP contribution in [0.3, 0.4) is 0 Å². The maximum Gasteiger partial charge on any atom is 0.329 e. The van der Waals surface area contributed by atoms with Gasteiger partial charge in [0.05, 0.1) is 16.6 Å². The molecule has 1 unspecified atom stereocenters. The summed E-state index contributed by atoms with van der Waals surface area (Å²) in [4.78, 5) is 44.2. The highest BCUT2D eigenvalue weighted by molar-refractivity contribution is 7.89. The van der Waals surface area contributed by atoms with Gasteiger partial charge in [0.2, 0.25) is 15.9 Å². The molecule has 2 fully saturated rings. The number of imidazole rings is 1. The number of aromatic nitrogens is 2. The Hall–Kier alpha value is -3.74. The molecule has 1 aromatic heterocycles. The number of nitrogens with one attached hydrogen (secondary N) is 2. The number of nitrogens with zero attached hydrogens (tertiary/aromatic N) is 4. The Morgan fingerprint density at radius 2 is 1.61 bits per heavy atom. The normalized spacial score (nSPS) is 17.9. The quantitative estimate of drug-likeness (QED) is 0.416. The van der Waals surface area contributed by atoms with Crippen molar-refractivity contribution in [2.45, 2.75) is 37.2 Å². The van der Waals surface area contributed by atoms with Crippen LogP contribution in [0.5, 0.6) is 0 Å². The van der Waals surface area contributed by atoms with Crippen LogP contribution in [0.25, 0.3) is 11.3 Å². The summed E-state index contributed by atoms with van der Waals surface area (Å²) < 4.78 is 31.4. The molecule has 0 radical (unpaired) electrons. The van der Waals surface area contributed by atoms with Crippen LogP contribution >= 0.6 is 0 Å². The summed E-state index contributed by atoms with van der Waals surface area (Å²) in [5, 5.41) is 3.25. The van der Waals surface area contributed by atoms with E-state index in [1.807, 2.05) is 30.3 Å². The van der Waals surface area contributed by atoms with Gasteiger partial charge < -0.3 is 15.1 Å². The Balaban J connectivity index is 1.60. The van der Waals surface area contributed by atoms with Gasteiger partial charge in [0, 0.05) is 64.8 Å². The number of piperidine rings is 1. The second-order valence-corrected chi connectivity index (χ2v) is 12.1. The number of hydrogen-bond donors (Lipinski definition) is 2. The summed E-state index contributed by atoms with van der Waals surface area (Å²) in [7, 11) is -3.81. The molecule has 41 heavy (non-hydrogen) atoms. The molecular weight excluding hydrogens is 544 g/mol. The number of carbonyl (C=O) groups excluding carboxylic acids is 2. The van der Waals surface area contributed by atoms with E-state index >= 15 is 0 Å². The van der Waals surface area contributed by atoms with E-state index in [1.54, 1.807) is 32.6 Å². The monoisotopic (exact) mass is 580 g/mol. The molecule has 2 N–H and O–H groups in total. The van der Waals surface area contributed by atoms with Gasteiger partial charge in [0.1, 0.15) is 5.69 Å². The van der Waals surface area contributed by atoms with Gasteiger partial charge in [-0.2, -0.15) is 0 Å². The predicted molar refractivity (Wildman–Crippen MR) is 155 cm³/mol. The highest BCUT2D eigenvalue weighted by atomic mass is 32.2. The lowest BCUT2D eigenvalue weighted by atomic mass is 10.0. The van der Waals surface area contributed by atoms with E-state index in [0.29, 0.717) is 56.9 Å². The van der Waals surface area contributed by atoms with Crippen molar-refractivity contribution in [3.8, 4) is 11.3 Å². The number of carbonyl (C=O) groups is 2. The molecule has 5 rings (SSSR count). The number of sulfonamides is 1. The fourth-order valence-electron chi connectivity index (χ4n) is 5.64. The van der Waals surface area contributed by atoms with Crippen LogP contribution in [0.15, 0.2) is 70.4 Å². The van der Waals surface area contributed by atoms with E-state index in [4.69, 9.17) is 0 Å². The zero-order valence-corrected chi connectivity index (χ0v) is 24.0. The molecule has 2 aliphatic rings.